The fourth-order valence-corrected chi connectivity index (χ4v) is 1.46. The van der Waals surface area contributed by atoms with Crippen LogP contribution in [-0.2, 0) is 0 Å². The van der Waals surface area contributed by atoms with Gasteiger partial charge in [-0.25, -0.2) is 4.79 Å². The maximum atomic E-state index is 10.2. The third kappa shape index (κ3) is 8.62. The predicted molar refractivity (Wildman–Crippen MR) is 74.1 cm³/mol. The van der Waals surface area contributed by atoms with Crippen LogP contribution in [0.25, 0.3) is 0 Å². The molecule has 0 saturated heterocycles. The third-order valence-electron chi connectivity index (χ3n) is 2.57. The number of aromatic carboxylic acids is 1. The van der Waals surface area contributed by atoms with Crippen LogP contribution in [0.2, 0.25) is 0 Å². The first-order chi connectivity index (χ1) is 8.61. The maximum absolute atomic E-state index is 10.2. The number of unbranched alkanes of at least 4 members (excludes halogenated alkanes) is 5. The molecule has 0 unspecified atom stereocenters. The van der Waals surface area contributed by atoms with Crippen molar-refractivity contribution in [2.45, 2.75) is 52.4 Å². The molecule has 1 rings (SSSR count). The Morgan fingerprint density at radius 2 is 1.39 bits per heavy atom. The SMILES string of the molecule is CCCCCCCC.O=C(O)c1ccc(O)cc1. The molecule has 0 radical (unpaired) electrons. The topological polar surface area (TPSA) is 57.5 Å². The average Bonchev–Trinajstić information content (AvgIpc) is 2.36. The molecule has 0 aliphatic heterocycles. The molecule has 0 heterocycles. The van der Waals surface area contributed by atoms with Crippen molar-refractivity contribution >= 4 is 5.97 Å². The van der Waals surface area contributed by atoms with Gasteiger partial charge in [-0.3, -0.25) is 0 Å². The highest BCUT2D eigenvalue weighted by Crippen LogP contribution is 2.08. The molecule has 0 aliphatic rings. The number of carboxylic acid groups (broad SMARTS) is 1. The van der Waals surface area contributed by atoms with Crippen LogP contribution in [0.5, 0.6) is 5.75 Å². The summed E-state index contributed by atoms with van der Waals surface area (Å²) in [5.74, 6) is -0.912. The Morgan fingerprint density at radius 1 is 0.944 bits per heavy atom. The zero-order valence-electron chi connectivity index (χ0n) is 11.4. The van der Waals surface area contributed by atoms with Crippen LogP contribution in [0, 0.1) is 0 Å². The van der Waals surface area contributed by atoms with E-state index in [-0.39, 0.29) is 11.3 Å². The van der Waals surface area contributed by atoms with Crippen molar-refractivity contribution in [1.29, 1.82) is 0 Å². The molecular formula is C15H24O3. The summed E-state index contributed by atoms with van der Waals surface area (Å²) in [6.45, 7) is 4.51. The second kappa shape index (κ2) is 10.6. The van der Waals surface area contributed by atoms with Gasteiger partial charge in [0.15, 0.2) is 0 Å². The third-order valence-corrected chi connectivity index (χ3v) is 2.57. The normalized spacial score (nSPS) is 9.44. The van der Waals surface area contributed by atoms with Crippen LogP contribution in [0.3, 0.4) is 0 Å². The van der Waals surface area contributed by atoms with Gasteiger partial charge in [0.1, 0.15) is 5.75 Å². The number of phenolic OH excluding ortho intramolecular Hbond substituents is 1. The van der Waals surface area contributed by atoms with Gasteiger partial charge in [0.2, 0.25) is 0 Å². The smallest absolute Gasteiger partial charge is 0.335 e. The van der Waals surface area contributed by atoms with Gasteiger partial charge in [-0.1, -0.05) is 52.4 Å². The average molecular weight is 252 g/mol. The predicted octanol–water partition coefficient (Wildman–Crippen LogP) is 4.46. The lowest BCUT2D eigenvalue weighted by atomic mass is 10.1. The molecule has 0 fully saturated rings. The highest BCUT2D eigenvalue weighted by molar-refractivity contribution is 5.87. The highest BCUT2D eigenvalue weighted by atomic mass is 16.4. The molecule has 1 aromatic carbocycles. The molecule has 2 N–H and O–H groups in total. The lowest BCUT2D eigenvalue weighted by molar-refractivity contribution is 0.0697. The van der Waals surface area contributed by atoms with E-state index in [2.05, 4.69) is 13.8 Å². The summed E-state index contributed by atoms with van der Waals surface area (Å²) in [4.78, 5) is 10.2. The lowest BCUT2D eigenvalue weighted by Gasteiger charge is -1.93. The molecule has 0 amide bonds. The van der Waals surface area contributed by atoms with E-state index in [1.807, 2.05) is 0 Å². The Labute approximate surface area is 109 Å². The van der Waals surface area contributed by atoms with E-state index in [0.29, 0.717) is 0 Å². The second-order valence-electron chi connectivity index (χ2n) is 4.27. The summed E-state index contributed by atoms with van der Waals surface area (Å²) in [5, 5.41) is 17.1. The Morgan fingerprint density at radius 3 is 1.72 bits per heavy atom. The van der Waals surface area contributed by atoms with Gasteiger partial charge in [0.25, 0.3) is 0 Å². The standard InChI is InChI=1S/C8H18.C7H6O3/c1-3-5-7-8-6-4-2;8-6-3-1-5(2-4-6)7(9)10/h3-8H2,1-2H3;1-4,8H,(H,9,10). The number of rotatable bonds is 6. The minimum Gasteiger partial charge on any atom is -0.508 e. The molecule has 0 spiro atoms. The number of hydrogen-bond acceptors (Lipinski definition) is 2. The molecule has 0 saturated carbocycles. The van der Waals surface area contributed by atoms with Gasteiger partial charge in [-0.05, 0) is 24.3 Å². The van der Waals surface area contributed by atoms with Crippen LogP contribution in [0.1, 0.15) is 62.7 Å². The molecule has 0 aromatic heterocycles. The van der Waals surface area contributed by atoms with E-state index in [9.17, 15) is 4.79 Å². The number of aromatic hydroxyl groups is 1. The number of benzene rings is 1. The van der Waals surface area contributed by atoms with Gasteiger partial charge >= 0.3 is 5.97 Å². The van der Waals surface area contributed by atoms with Crippen molar-refractivity contribution in [3.05, 3.63) is 29.8 Å². The molecule has 0 atom stereocenters. The molecule has 3 heteroatoms. The van der Waals surface area contributed by atoms with E-state index in [1.165, 1.54) is 62.8 Å². The second-order valence-corrected chi connectivity index (χ2v) is 4.27. The minimum absolute atomic E-state index is 0.0741. The first kappa shape index (κ1) is 16.5. The molecule has 0 bridgehead atoms. The fraction of sp³-hybridized carbons (Fsp3) is 0.533. The molecular weight excluding hydrogens is 228 g/mol. The van der Waals surface area contributed by atoms with Crippen LogP contribution >= 0.6 is 0 Å². The van der Waals surface area contributed by atoms with Crippen LogP contribution in [0.15, 0.2) is 24.3 Å². The van der Waals surface area contributed by atoms with Crippen molar-refractivity contribution < 1.29 is 15.0 Å². The maximum Gasteiger partial charge on any atom is 0.335 e. The quantitative estimate of drug-likeness (QED) is 0.735. The largest absolute Gasteiger partial charge is 0.508 e. The van der Waals surface area contributed by atoms with Crippen molar-refractivity contribution in [3.8, 4) is 5.75 Å². The zero-order chi connectivity index (χ0) is 13.8. The Hall–Kier alpha value is -1.51. The van der Waals surface area contributed by atoms with E-state index in [1.54, 1.807) is 0 Å². The van der Waals surface area contributed by atoms with E-state index < -0.39 is 5.97 Å². The van der Waals surface area contributed by atoms with Gasteiger partial charge in [0, 0.05) is 0 Å². The van der Waals surface area contributed by atoms with Crippen molar-refractivity contribution in [3.63, 3.8) is 0 Å². The molecule has 1 aromatic rings. The lowest BCUT2D eigenvalue weighted by Crippen LogP contribution is -1.93. The van der Waals surface area contributed by atoms with Gasteiger partial charge in [0.05, 0.1) is 5.56 Å². The van der Waals surface area contributed by atoms with E-state index in [4.69, 9.17) is 10.2 Å². The number of carboxylic acids is 1. The molecule has 0 aliphatic carbocycles. The monoisotopic (exact) mass is 252 g/mol. The summed E-state index contributed by atoms with van der Waals surface area (Å²) in [7, 11) is 0. The van der Waals surface area contributed by atoms with Gasteiger partial charge < -0.3 is 10.2 Å². The minimum atomic E-state index is -0.986. The van der Waals surface area contributed by atoms with E-state index in [0.717, 1.165) is 0 Å². The Bertz CT molecular complexity index is 311. The molecule has 102 valence electrons. The van der Waals surface area contributed by atoms with Gasteiger partial charge in [-0.15, -0.1) is 0 Å². The summed E-state index contributed by atoms with van der Waals surface area (Å²) in [5.41, 5.74) is 0.179. The fourth-order valence-electron chi connectivity index (χ4n) is 1.46. The first-order valence-electron chi connectivity index (χ1n) is 6.64. The van der Waals surface area contributed by atoms with Crippen LogP contribution in [-0.4, -0.2) is 16.2 Å². The number of carbonyl (C=O) groups is 1. The van der Waals surface area contributed by atoms with Crippen molar-refractivity contribution in [1.82, 2.24) is 0 Å². The summed E-state index contributed by atoms with van der Waals surface area (Å²) in [6.07, 6.45) is 8.49. The zero-order valence-corrected chi connectivity index (χ0v) is 11.4. The van der Waals surface area contributed by atoms with E-state index >= 15 is 0 Å². The molecule has 18 heavy (non-hydrogen) atoms. The van der Waals surface area contributed by atoms with Crippen molar-refractivity contribution in [2.75, 3.05) is 0 Å². The highest BCUT2D eigenvalue weighted by Gasteiger charge is 1.99. The molecule has 3 nitrogen and oxygen atoms in total. The number of hydrogen-bond donors (Lipinski definition) is 2. The Kier molecular flexibility index (Phi) is 9.74. The first-order valence-corrected chi connectivity index (χ1v) is 6.64. The summed E-state index contributed by atoms with van der Waals surface area (Å²) >= 11 is 0. The van der Waals surface area contributed by atoms with Crippen molar-refractivity contribution in [2.24, 2.45) is 0 Å². The van der Waals surface area contributed by atoms with Crippen LogP contribution < -0.4 is 0 Å². The Balaban J connectivity index is 0.000000331. The van der Waals surface area contributed by atoms with Gasteiger partial charge in [-0.2, -0.15) is 0 Å². The van der Waals surface area contributed by atoms with Crippen LogP contribution in [0.4, 0.5) is 0 Å². The summed E-state index contributed by atoms with van der Waals surface area (Å²) < 4.78 is 0. The summed E-state index contributed by atoms with van der Waals surface area (Å²) in [6, 6.07) is 5.36. The number of phenols is 1.